The maximum absolute atomic E-state index is 5.52. The first-order chi connectivity index (χ1) is 5.34. The predicted octanol–water partition coefficient (Wildman–Crippen LogP) is 1.29. The molecule has 0 unspecified atom stereocenters. The average molecular weight is 192 g/mol. The third-order valence-electron chi connectivity index (χ3n) is 1.26. The Bertz CT molecular complexity index is 213. The molecular formula is C6H10ClN3S. The van der Waals surface area contributed by atoms with Crippen molar-refractivity contribution in [3.05, 3.63) is 12.2 Å². The summed E-state index contributed by atoms with van der Waals surface area (Å²) in [6.45, 7) is 0. The Balaban J connectivity index is 2.32. The molecule has 0 atom stereocenters. The largest absolute Gasteiger partial charge is 0.252 e. The van der Waals surface area contributed by atoms with Gasteiger partial charge in [-0.05, 0) is 0 Å². The lowest BCUT2D eigenvalue weighted by Crippen LogP contribution is -1.97. The first-order valence-corrected chi connectivity index (χ1v) is 5.00. The Kier molecular flexibility index (Phi) is 3.72. The number of hydrogen-bond acceptors (Lipinski definition) is 3. The van der Waals surface area contributed by atoms with Crippen LogP contribution in [0.1, 0.15) is 5.82 Å². The number of rotatable bonds is 4. The quantitative estimate of drug-likeness (QED) is 0.531. The lowest BCUT2D eigenvalue weighted by Gasteiger charge is -1.97. The summed E-state index contributed by atoms with van der Waals surface area (Å²) in [5, 5.41) is 3.95. The first-order valence-electron chi connectivity index (χ1n) is 3.31. The molecular weight excluding hydrogens is 182 g/mol. The molecule has 0 aromatic carbocycles. The molecule has 11 heavy (non-hydrogen) atoms. The Hall–Kier alpha value is -0.220. The fourth-order valence-corrected chi connectivity index (χ4v) is 1.69. The summed E-state index contributed by atoms with van der Waals surface area (Å²) in [6.07, 6.45) is 1.57. The van der Waals surface area contributed by atoms with Crippen LogP contribution in [0.15, 0.2) is 6.33 Å². The Morgan fingerprint density at radius 3 is 3.09 bits per heavy atom. The van der Waals surface area contributed by atoms with Gasteiger partial charge in [-0.3, -0.25) is 4.68 Å². The Morgan fingerprint density at radius 1 is 1.73 bits per heavy atom. The second-order valence-corrected chi connectivity index (χ2v) is 3.52. The molecule has 0 aliphatic heterocycles. The van der Waals surface area contributed by atoms with Crippen LogP contribution in [0.2, 0.25) is 0 Å². The standard InChI is InChI=1S/C6H10ClN3S/c1-10-6(8-5-9-10)4-11-3-2-7/h5H,2-4H2,1H3. The van der Waals surface area contributed by atoms with Crippen molar-refractivity contribution in [1.29, 1.82) is 0 Å². The number of halogens is 1. The van der Waals surface area contributed by atoms with Crippen LogP contribution in [-0.4, -0.2) is 26.4 Å². The van der Waals surface area contributed by atoms with Gasteiger partial charge >= 0.3 is 0 Å². The van der Waals surface area contributed by atoms with Gasteiger partial charge in [-0.15, -0.1) is 11.6 Å². The molecule has 0 radical (unpaired) electrons. The molecule has 0 saturated carbocycles. The highest BCUT2D eigenvalue weighted by Crippen LogP contribution is 2.08. The van der Waals surface area contributed by atoms with Crippen LogP contribution < -0.4 is 0 Å². The van der Waals surface area contributed by atoms with Crippen molar-refractivity contribution in [3.63, 3.8) is 0 Å². The van der Waals surface area contributed by atoms with Crippen molar-refractivity contribution in [1.82, 2.24) is 14.8 Å². The molecule has 0 N–H and O–H groups in total. The molecule has 3 nitrogen and oxygen atoms in total. The fraction of sp³-hybridized carbons (Fsp3) is 0.667. The van der Waals surface area contributed by atoms with E-state index < -0.39 is 0 Å². The zero-order valence-corrected chi connectivity index (χ0v) is 7.90. The van der Waals surface area contributed by atoms with Crippen LogP contribution in [0.3, 0.4) is 0 Å². The van der Waals surface area contributed by atoms with Crippen molar-refractivity contribution >= 4 is 23.4 Å². The molecule has 1 heterocycles. The molecule has 0 bridgehead atoms. The molecule has 0 spiro atoms. The average Bonchev–Trinajstić information content (AvgIpc) is 2.37. The summed E-state index contributed by atoms with van der Waals surface area (Å²) in [5.74, 6) is 3.56. The number of aryl methyl sites for hydroxylation is 1. The second kappa shape index (κ2) is 4.62. The van der Waals surface area contributed by atoms with E-state index in [2.05, 4.69) is 10.1 Å². The van der Waals surface area contributed by atoms with Crippen molar-refractivity contribution in [2.24, 2.45) is 7.05 Å². The van der Waals surface area contributed by atoms with Gasteiger partial charge in [-0.25, -0.2) is 4.98 Å². The SMILES string of the molecule is Cn1ncnc1CSCCCl. The van der Waals surface area contributed by atoms with Crippen molar-refractivity contribution in [2.75, 3.05) is 11.6 Å². The maximum atomic E-state index is 5.52. The Labute approximate surface area is 75.1 Å². The van der Waals surface area contributed by atoms with Gasteiger partial charge in [-0.1, -0.05) is 0 Å². The molecule has 62 valence electrons. The lowest BCUT2D eigenvalue weighted by atomic mass is 10.7. The smallest absolute Gasteiger partial charge is 0.138 e. The van der Waals surface area contributed by atoms with Gasteiger partial charge < -0.3 is 0 Å². The van der Waals surface area contributed by atoms with Crippen molar-refractivity contribution in [2.45, 2.75) is 5.75 Å². The number of thioether (sulfide) groups is 1. The van der Waals surface area contributed by atoms with Gasteiger partial charge in [0.25, 0.3) is 0 Å². The summed E-state index contributed by atoms with van der Waals surface area (Å²) in [6, 6.07) is 0. The van der Waals surface area contributed by atoms with E-state index in [1.54, 1.807) is 22.8 Å². The molecule has 1 rings (SSSR count). The van der Waals surface area contributed by atoms with E-state index in [9.17, 15) is 0 Å². The second-order valence-electron chi connectivity index (χ2n) is 2.04. The molecule has 1 aromatic rings. The number of aromatic nitrogens is 3. The highest BCUT2D eigenvalue weighted by molar-refractivity contribution is 7.98. The summed E-state index contributed by atoms with van der Waals surface area (Å²) in [7, 11) is 1.89. The minimum Gasteiger partial charge on any atom is -0.252 e. The summed E-state index contributed by atoms with van der Waals surface area (Å²) >= 11 is 7.29. The third-order valence-corrected chi connectivity index (χ3v) is 2.63. The van der Waals surface area contributed by atoms with Crippen molar-refractivity contribution in [3.8, 4) is 0 Å². The number of alkyl halides is 1. The van der Waals surface area contributed by atoms with Crippen LogP contribution in [0.4, 0.5) is 0 Å². The van der Waals surface area contributed by atoms with Gasteiger partial charge in [0.05, 0.1) is 5.75 Å². The van der Waals surface area contributed by atoms with Crippen molar-refractivity contribution < 1.29 is 0 Å². The highest BCUT2D eigenvalue weighted by atomic mass is 35.5. The van der Waals surface area contributed by atoms with Crippen LogP contribution in [0.25, 0.3) is 0 Å². The zero-order valence-electron chi connectivity index (χ0n) is 6.33. The molecule has 1 aromatic heterocycles. The predicted molar refractivity (Wildman–Crippen MR) is 47.9 cm³/mol. The van der Waals surface area contributed by atoms with E-state index in [0.717, 1.165) is 17.3 Å². The maximum Gasteiger partial charge on any atom is 0.138 e. The van der Waals surface area contributed by atoms with Gasteiger partial charge in [0, 0.05) is 18.7 Å². The highest BCUT2D eigenvalue weighted by Gasteiger charge is 1.98. The number of hydrogen-bond donors (Lipinski definition) is 0. The van der Waals surface area contributed by atoms with Gasteiger partial charge in [0.2, 0.25) is 0 Å². The van der Waals surface area contributed by atoms with E-state index in [1.165, 1.54) is 0 Å². The van der Waals surface area contributed by atoms with Gasteiger partial charge in [0.15, 0.2) is 0 Å². The van der Waals surface area contributed by atoms with E-state index in [0.29, 0.717) is 5.88 Å². The molecule has 0 fully saturated rings. The summed E-state index contributed by atoms with van der Waals surface area (Å²) in [5.41, 5.74) is 0. The van der Waals surface area contributed by atoms with E-state index in [4.69, 9.17) is 11.6 Å². The summed E-state index contributed by atoms with van der Waals surface area (Å²) < 4.78 is 1.78. The molecule has 0 aliphatic rings. The third kappa shape index (κ3) is 2.71. The van der Waals surface area contributed by atoms with Crippen LogP contribution in [-0.2, 0) is 12.8 Å². The molecule has 0 saturated heterocycles. The minimum atomic E-state index is 0.697. The van der Waals surface area contributed by atoms with E-state index in [-0.39, 0.29) is 0 Å². The fourth-order valence-electron chi connectivity index (χ4n) is 0.669. The monoisotopic (exact) mass is 191 g/mol. The number of nitrogens with zero attached hydrogens (tertiary/aromatic N) is 3. The van der Waals surface area contributed by atoms with E-state index >= 15 is 0 Å². The van der Waals surface area contributed by atoms with Gasteiger partial charge in [0.1, 0.15) is 12.2 Å². The van der Waals surface area contributed by atoms with E-state index in [1.807, 2.05) is 7.05 Å². The minimum absolute atomic E-state index is 0.697. The zero-order chi connectivity index (χ0) is 8.10. The molecule has 0 aliphatic carbocycles. The summed E-state index contributed by atoms with van der Waals surface area (Å²) in [4.78, 5) is 4.08. The van der Waals surface area contributed by atoms with Crippen LogP contribution >= 0.6 is 23.4 Å². The van der Waals surface area contributed by atoms with Gasteiger partial charge in [-0.2, -0.15) is 16.9 Å². The van der Waals surface area contributed by atoms with Crippen LogP contribution in [0, 0.1) is 0 Å². The molecule has 0 amide bonds. The lowest BCUT2D eigenvalue weighted by molar-refractivity contribution is 0.730. The molecule has 5 heteroatoms. The van der Waals surface area contributed by atoms with Crippen LogP contribution in [0.5, 0.6) is 0 Å². The normalized spacial score (nSPS) is 10.4. The Morgan fingerprint density at radius 2 is 2.55 bits per heavy atom. The first kappa shape index (κ1) is 8.87. The topological polar surface area (TPSA) is 30.7 Å².